The number of piperidine rings is 1. The molecule has 1 aliphatic heterocycles. The van der Waals surface area contributed by atoms with E-state index in [1.165, 1.54) is 27.8 Å². The average molecular weight is 249 g/mol. The van der Waals surface area contributed by atoms with Crippen LogP contribution in [0.3, 0.4) is 0 Å². The third kappa shape index (κ3) is 2.58. The second-order valence-electron chi connectivity index (χ2n) is 4.29. The zero-order valence-electron chi connectivity index (χ0n) is 9.96. The van der Waals surface area contributed by atoms with Crippen LogP contribution in [0.5, 0.6) is 0 Å². The fourth-order valence-corrected chi connectivity index (χ4v) is 1.98. The van der Waals surface area contributed by atoms with E-state index in [9.17, 15) is 14.4 Å². The van der Waals surface area contributed by atoms with Crippen LogP contribution in [0, 0.1) is 0 Å². The predicted molar refractivity (Wildman–Crippen MR) is 65.7 cm³/mol. The van der Waals surface area contributed by atoms with Crippen molar-refractivity contribution in [3.05, 3.63) is 28.7 Å². The predicted octanol–water partition coefficient (Wildman–Crippen LogP) is -0.0304. The van der Waals surface area contributed by atoms with Crippen molar-refractivity contribution in [2.24, 2.45) is 0 Å². The highest BCUT2D eigenvalue weighted by molar-refractivity contribution is 5.97. The summed E-state index contributed by atoms with van der Waals surface area (Å²) in [6.45, 7) is 0.502. The molecule has 2 amide bonds. The van der Waals surface area contributed by atoms with Gasteiger partial charge >= 0.3 is 0 Å². The average Bonchev–Trinajstić information content (AvgIpc) is 2.33. The zero-order chi connectivity index (χ0) is 13.1. The lowest BCUT2D eigenvalue weighted by Gasteiger charge is -2.25. The standard InChI is InChI=1S/C12H15N3O3/c13-9-4-5-10(16)14(8-9)6-7-15-11(17)2-1-3-12(15)18/h4-5,8H,1-3,6-7,13H2. The number of carbonyl (C=O) groups is 2. The molecule has 6 nitrogen and oxygen atoms in total. The quantitative estimate of drug-likeness (QED) is 0.762. The number of likely N-dealkylation sites (tertiary alicyclic amines) is 1. The minimum Gasteiger partial charge on any atom is -0.398 e. The molecule has 0 aromatic carbocycles. The molecule has 2 rings (SSSR count). The molecule has 0 unspecified atom stereocenters. The summed E-state index contributed by atoms with van der Waals surface area (Å²) in [5.74, 6) is -0.327. The molecule has 96 valence electrons. The number of amides is 2. The number of nitrogen functional groups attached to an aromatic ring is 1. The molecule has 0 bridgehead atoms. The second kappa shape index (κ2) is 5.03. The van der Waals surface area contributed by atoms with Crippen molar-refractivity contribution in [1.82, 2.24) is 9.47 Å². The lowest BCUT2D eigenvalue weighted by Crippen LogP contribution is -2.42. The molecule has 1 aromatic rings. The van der Waals surface area contributed by atoms with Crippen LogP contribution in [0.1, 0.15) is 19.3 Å². The molecule has 2 N–H and O–H groups in total. The Bertz CT molecular complexity index is 520. The van der Waals surface area contributed by atoms with Crippen LogP contribution >= 0.6 is 0 Å². The molecule has 6 heteroatoms. The minimum absolute atomic E-state index is 0.164. The maximum atomic E-state index is 11.6. The van der Waals surface area contributed by atoms with Crippen LogP contribution in [-0.4, -0.2) is 27.8 Å². The number of hydrogen-bond acceptors (Lipinski definition) is 4. The Morgan fingerprint density at radius 2 is 1.72 bits per heavy atom. The molecule has 1 aliphatic rings. The topological polar surface area (TPSA) is 85.4 Å². The van der Waals surface area contributed by atoms with E-state index >= 15 is 0 Å². The maximum absolute atomic E-state index is 11.6. The van der Waals surface area contributed by atoms with Gasteiger partial charge in [-0.15, -0.1) is 0 Å². The molecule has 1 fully saturated rings. The van der Waals surface area contributed by atoms with Gasteiger partial charge in [0.25, 0.3) is 5.56 Å². The van der Waals surface area contributed by atoms with Gasteiger partial charge in [0.1, 0.15) is 0 Å². The van der Waals surface area contributed by atoms with Crippen molar-refractivity contribution in [1.29, 1.82) is 0 Å². The fraction of sp³-hybridized carbons (Fsp3) is 0.417. The molecule has 2 heterocycles. The second-order valence-corrected chi connectivity index (χ2v) is 4.29. The molecule has 0 aliphatic carbocycles. The van der Waals surface area contributed by atoms with Gasteiger partial charge in [-0.3, -0.25) is 19.3 Å². The van der Waals surface area contributed by atoms with Gasteiger partial charge in [-0.2, -0.15) is 0 Å². The third-order valence-electron chi connectivity index (χ3n) is 2.95. The van der Waals surface area contributed by atoms with Crippen molar-refractivity contribution in [3.8, 4) is 0 Å². The first-order valence-electron chi connectivity index (χ1n) is 5.87. The first kappa shape index (κ1) is 12.3. The largest absolute Gasteiger partial charge is 0.398 e. The lowest BCUT2D eigenvalue weighted by molar-refractivity contribution is -0.148. The van der Waals surface area contributed by atoms with E-state index in [4.69, 9.17) is 5.73 Å². The van der Waals surface area contributed by atoms with Crippen molar-refractivity contribution in [2.75, 3.05) is 12.3 Å². The SMILES string of the molecule is Nc1ccc(=O)n(CCN2C(=O)CCCC2=O)c1. The Morgan fingerprint density at radius 1 is 1.06 bits per heavy atom. The first-order chi connectivity index (χ1) is 8.58. The van der Waals surface area contributed by atoms with Gasteiger partial charge in [-0.05, 0) is 12.5 Å². The monoisotopic (exact) mass is 249 g/mol. The highest BCUT2D eigenvalue weighted by Gasteiger charge is 2.25. The van der Waals surface area contributed by atoms with Crippen molar-refractivity contribution < 1.29 is 9.59 Å². The van der Waals surface area contributed by atoms with Crippen LogP contribution < -0.4 is 11.3 Å². The Morgan fingerprint density at radius 3 is 2.39 bits per heavy atom. The first-order valence-corrected chi connectivity index (χ1v) is 5.87. The summed E-state index contributed by atoms with van der Waals surface area (Å²) in [5.41, 5.74) is 5.87. The number of imide groups is 1. The third-order valence-corrected chi connectivity index (χ3v) is 2.95. The van der Waals surface area contributed by atoms with E-state index in [2.05, 4.69) is 0 Å². The molecule has 0 spiro atoms. The van der Waals surface area contributed by atoms with Gasteiger partial charge in [0.15, 0.2) is 0 Å². The van der Waals surface area contributed by atoms with Crippen LogP contribution in [-0.2, 0) is 16.1 Å². The van der Waals surface area contributed by atoms with E-state index in [1.807, 2.05) is 0 Å². The zero-order valence-corrected chi connectivity index (χ0v) is 9.96. The van der Waals surface area contributed by atoms with E-state index in [0.29, 0.717) is 24.9 Å². The van der Waals surface area contributed by atoms with Crippen LogP contribution in [0.15, 0.2) is 23.1 Å². The molecular weight excluding hydrogens is 234 g/mol. The van der Waals surface area contributed by atoms with Crippen LogP contribution in [0.2, 0.25) is 0 Å². The van der Waals surface area contributed by atoms with E-state index in [0.717, 1.165) is 0 Å². The van der Waals surface area contributed by atoms with Crippen molar-refractivity contribution in [3.63, 3.8) is 0 Å². The fourth-order valence-electron chi connectivity index (χ4n) is 1.98. The Balaban J connectivity index is 2.06. The van der Waals surface area contributed by atoms with Gasteiger partial charge in [0, 0.05) is 43.9 Å². The van der Waals surface area contributed by atoms with Gasteiger partial charge in [-0.1, -0.05) is 0 Å². The molecule has 0 atom stereocenters. The number of rotatable bonds is 3. The van der Waals surface area contributed by atoms with E-state index in [-0.39, 0.29) is 30.5 Å². The molecular formula is C12H15N3O3. The number of hydrogen-bond donors (Lipinski definition) is 1. The molecule has 0 saturated carbocycles. The van der Waals surface area contributed by atoms with Crippen molar-refractivity contribution >= 4 is 17.5 Å². The van der Waals surface area contributed by atoms with Gasteiger partial charge < -0.3 is 10.3 Å². The smallest absolute Gasteiger partial charge is 0.250 e. The van der Waals surface area contributed by atoms with Crippen LogP contribution in [0.4, 0.5) is 5.69 Å². The highest BCUT2D eigenvalue weighted by atomic mass is 16.2. The van der Waals surface area contributed by atoms with Gasteiger partial charge in [0.2, 0.25) is 11.8 Å². The number of carbonyl (C=O) groups excluding carboxylic acids is 2. The molecule has 0 radical (unpaired) electrons. The Hall–Kier alpha value is -2.11. The summed E-state index contributed by atoms with van der Waals surface area (Å²) >= 11 is 0. The summed E-state index contributed by atoms with van der Waals surface area (Å²) in [5, 5.41) is 0. The Labute approximate surface area is 104 Å². The summed E-state index contributed by atoms with van der Waals surface area (Å²) in [4.78, 5) is 35.9. The highest BCUT2D eigenvalue weighted by Crippen LogP contribution is 2.11. The minimum atomic E-state index is -0.193. The van der Waals surface area contributed by atoms with E-state index < -0.39 is 0 Å². The normalized spacial score (nSPS) is 16.1. The maximum Gasteiger partial charge on any atom is 0.250 e. The summed E-state index contributed by atoms with van der Waals surface area (Å²) in [6, 6.07) is 2.89. The number of aromatic nitrogens is 1. The van der Waals surface area contributed by atoms with Gasteiger partial charge in [0.05, 0.1) is 0 Å². The summed E-state index contributed by atoms with van der Waals surface area (Å²) in [6.07, 6.45) is 2.93. The van der Waals surface area contributed by atoms with Crippen LogP contribution in [0.25, 0.3) is 0 Å². The number of nitrogens with zero attached hydrogens (tertiary/aromatic N) is 2. The molecule has 1 aromatic heterocycles. The molecule has 18 heavy (non-hydrogen) atoms. The number of pyridine rings is 1. The Kier molecular flexibility index (Phi) is 3.45. The van der Waals surface area contributed by atoms with E-state index in [1.54, 1.807) is 0 Å². The number of anilines is 1. The lowest BCUT2D eigenvalue weighted by atomic mass is 10.1. The summed E-state index contributed by atoms with van der Waals surface area (Å²) < 4.78 is 1.41. The van der Waals surface area contributed by atoms with Crippen molar-refractivity contribution in [2.45, 2.75) is 25.8 Å². The van der Waals surface area contributed by atoms with Gasteiger partial charge in [-0.25, -0.2) is 0 Å². The number of nitrogens with two attached hydrogens (primary N) is 1. The summed E-state index contributed by atoms with van der Waals surface area (Å²) in [7, 11) is 0. The molecule has 1 saturated heterocycles.